The summed E-state index contributed by atoms with van der Waals surface area (Å²) >= 11 is 0. The van der Waals surface area contributed by atoms with Crippen LogP contribution in [0, 0.1) is 17.2 Å². The zero-order chi connectivity index (χ0) is 17.9. The molecule has 8 heteroatoms. The Bertz CT molecular complexity index is 751. The number of amides is 5. The van der Waals surface area contributed by atoms with Gasteiger partial charge in [-0.05, 0) is 24.1 Å². The van der Waals surface area contributed by atoms with Crippen LogP contribution in [0.5, 0.6) is 0 Å². The van der Waals surface area contributed by atoms with Crippen molar-refractivity contribution in [2.45, 2.75) is 13.8 Å². The van der Waals surface area contributed by atoms with E-state index in [1.165, 1.54) is 6.07 Å². The summed E-state index contributed by atoms with van der Waals surface area (Å²) in [4.78, 5) is 49.3. The van der Waals surface area contributed by atoms with Gasteiger partial charge in [0, 0.05) is 12.2 Å². The van der Waals surface area contributed by atoms with Crippen LogP contribution in [0.4, 0.5) is 10.5 Å². The molecule has 5 amide bonds. The molecule has 1 heterocycles. The first-order valence-electron chi connectivity index (χ1n) is 7.30. The molecule has 1 saturated heterocycles. The van der Waals surface area contributed by atoms with E-state index in [-0.39, 0.29) is 12.5 Å². The van der Waals surface area contributed by atoms with Crippen molar-refractivity contribution in [3.63, 3.8) is 0 Å². The van der Waals surface area contributed by atoms with Crippen LogP contribution in [-0.2, 0) is 14.4 Å². The number of nitrogens with zero attached hydrogens (tertiary/aromatic N) is 3. The highest BCUT2D eigenvalue weighted by molar-refractivity contribution is 6.45. The molecule has 1 aromatic carbocycles. The van der Waals surface area contributed by atoms with Crippen molar-refractivity contribution in [3.8, 4) is 6.07 Å². The average molecular weight is 328 g/mol. The molecule has 0 spiro atoms. The second kappa shape index (κ2) is 6.91. The van der Waals surface area contributed by atoms with Gasteiger partial charge >= 0.3 is 17.8 Å². The van der Waals surface area contributed by atoms with Gasteiger partial charge in [-0.2, -0.15) is 5.26 Å². The minimum absolute atomic E-state index is 0.00759. The van der Waals surface area contributed by atoms with Crippen molar-refractivity contribution < 1.29 is 19.2 Å². The number of nitriles is 1. The molecule has 0 unspecified atom stereocenters. The van der Waals surface area contributed by atoms with Gasteiger partial charge in [-0.25, -0.2) is 9.69 Å². The fourth-order valence-electron chi connectivity index (χ4n) is 2.23. The SMILES string of the molecule is CC(C)CN1C(=O)C(=O)N(CC(=O)Nc2cccc(C#N)c2)C1=O. The highest BCUT2D eigenvalue weighted by Crippen LogP contribution is 2.15. The number of imide groups is 2. The molecule has 0 saturated carbocycles. The Morgan fingerprint density at radius 3 is 2.50 bits per heavy atom. The van der Waals surface area contributed by atoms with Gasteiger partial charge in [-0.15, -0.1) is 0 Å². The standard InChI is InChI=1S/C16H16N4O4/c1-10(2)8-19-14(22)15(23)20(16(19)24)9-13(21)18-12-5-3-4-11(6-12)7-17/h3-6,10H,8-9H2,1-2H3,(H,18,21). The van der Waals surface area contributed by atoms with E-state index in [1.807, 2.05) is 19.9 Å². The molecule has 0 aromatic heterocycles. The zero-order valence-electron chi connectivity index (χ0n) is 13.3. The van der Waals surface area contributed by atoms with Crippen molar-refractivity contribution in [1.29, 1.82) is 5.26 Å². The number of carbonyl (C=O) groups excluding carboxylic acids is 4. The van der Waals surface area contributed by atoms with Crippen molar-refractivity contribution >= 4 is 29.4 Å². The third-order valence-electron chi connectivity index (χ3n) is 3.26. The summed E-state index contributed by atoms with van der Waals surface area (Å²) in [5.74, 6) is -2.56. The van der Waals surface area contributed by atoms with Crippen LogP contribution >= 0.6 is 0 Å². The van der Waals surface area contributed by atoms with E-state index in [0.717, 1.165) is 4.90 Å². The van der Waals surface area contributed by atoms with Crippen LogP contribution < -0.4 is 5.32 Å². The molecule has 1 aliphatic rings. The molecule has 0 radical (unpaired) electrons. The molecule has 0 aliphatic carbocycles. The number of hydrogen-bond acceptors (Lipinski definition) is 5. The van der Waals surface area contributed by atoms with Crippen molar-refractivity contribution in [2.75, 3.05) is 18.4 Å². The Morgan fingerprint density at radius 2 is 1.88 bits per heavy atom. The minimum Gasteiger partial charge on any atom is -0.324 e. The van der Waals surface area contributed by atoms with Crippen LogP contribution in [0.1, 0.15) is 19.4 Å². The third kappa shape index (κ3) is 3.57. The largest absolute Gasteiger partial charge is 0.334 e. The quantitative estimate of drug-likeness (QED) is 0.639. The molecular weight excluding hydrogens is 312 g/mol. The molecule has 0 bridgehead atoms. The normalized spacial score (nSPS) is 14.3. The van der Waals surface area contributed by atoms with E-state index in [4.69, 9.17) is 5.26 Å². The summed E-state index contributed by atoms with van der Waals surface area (Å²) in [7, 11) is 0. The number of nitrogens with one attached hydrogen (secondary N) is 1. The lowest BCUT2D eigenvalue weighted by molar-refractivity contribution is -0.143. The van der Waals surface area contributed by atoms with E-state index in [9.17, 15) is 19.2 Å². The van der Waals surface area contributed by atoms with Crippen molar-refractivity contribution in [2.24, 2.45) is 5.92 Å². The Labute approximate surface area is 138 Å². The highest BCUT2D eigenvalue weighted by Gasteiger charge is 2.45. The molecule has 24 heavy (non-hydrogen) atoms. The maximum Gasteiger partial charge on any atom is 0.334 e. The van der Waals surface area contributed by atoms with Gasteiger partial charge in [-0.1, -0.05) is 19.9 Å². The lowest BCUT2D eigenvalue weighted by Gasteiger charge is -2.16. The topological polar surface area (TPSA) is 111 Å². The van der Waals surface area contributed by atoms with Crippen LogP contribution in [0.15, 0.2) is 24.3 Å². The molecule has 1 aliphatic heterocycles. The maximum atomic E-state index is 12.1. The predicted molar refractivity (Wildman–Crippen MR) is 83.4 cm³/mol. The van der Waals surface area contributed by atoms with Gasteiger partial charge in [0.25, 0.3) is 0 Å². The zero-order valence-corrected chi connectivity index (χ0v) is 13.3. The van der Waals surface area contributed by atoms with Gasteiger partial charge in [0.2, 0.25) is 5.91 Å². The number of benzene rings is 1. The molecule has 2 rings (SSSR count). The van der Waals surface area contributed by atoms with Crippen molar-refractivity contribution in [1.82, 2.24) is 9.80 Å². The second-order valence-corrected chi connectivity index (χ2v) is 5.72. The van der Waals surface area contributed by atoms with Crippen LogP contribution in [-0.4, -0.2) is 46.6 Å². The second-order valence-electron chi connectivity index (χ2n) is 5.72. The number of carbonyl (C=O) groups is 4. The Balaban J connectivity index is 2.06. The highest BCUT2D eigenvalue weighted by atomic mass is 16.2. The molecule has 1 N–H and O–H groups in total. The monoisotopic (exact) mass is 328 g/mol. The van der Waals surface area contributed by atoms with Crippen LogP contribution in [0.2, 0.25) is 0 Å². The summed E-state index contributed by atoms with van der Waals surface area (Å²) < 4.78 is 0. The Kier molecular flexibility index (Phi) is 4.94. The first-order valence-corrected chi connectivity index (χ1v) is 7.30. The molecule has 124 valence electrons. The summed E-state index contributed by atoms with van der Waals surface area (Å²) in [6.07, 6.45) is 0. The van der Waals surface area contributed by atoms with Gasteiger partial charge < -0.3 is 5.32 Å². The fourth-order valence-corrected chi connectivity index (χ4v) is 2.23. The molecule has 1 aromatic rings. The summed E-state index contributed by atoms with van der Waals surface area (Å²) in [6, 6.07) is 7.34. The number of hydrogen-bond donors (Lipinski definition) is 1. The van der Waals surface area contributed by atoms with Gasteiger partial charge in [0.15, 0.2) is 0 Å². The van der Waals surface area contributed by atoms with Crippen LogP contribution in [0.25, 0.3) is 0 Å². The van der Waals surface area contributed by atoms with E-state index in [2.05, 4.69) is 5.32 Å². The summed E-state index contributed by atoms with van der Waals surface area (Å²) in [5.41, 5.74) is 0.725. The summed E-state index contributed by atoms with van der Waals surface area (Å²) in [6.45, 7) is 3.17. The maximum absolute atomic E-state index is 12.1. The fraction of sp³-hybridized carbons (Fsp3) is 0.312. The van der Waals surface area contributed by atoms with Crippen molar-refractivity contribution in [3.05, 3.63) is 29.8 Å². The lowest BCUT2D eigenvalue weighted by Crippen LogP contribution is -2.39. The lowest BCUT2D eigenvalue weighted by atomic mass is 10.2. The average Bonchev–Trinajstić information content (AvgIpc) is 2.72. The number of anilines is 1. The van der Waals surface area contributed by atoms with E-state index < -0.39 is 30.3 Å². The molecule has 1 fully saturated rings. The van der Waals surface area contributed by atoms with Gasteiger partial charge in [0.05, 0.1) is 11.6 Å². The smallest absolute Gasteiger partial charge is 0.324 e. The third-order valence-corrected chi connectivity index (χ3v) is 3.26. The number of rotatable bonds is 5. The van der Waals surface area contributed by atoms with Gasteiger partial charge in [0.1, 0.15) is 6.54 Å². The first kappa shape index (κ1) is 17.1. The van der Waals surface area contributed by atoms with Crippen LogP contribution in [0.3, 0.4) is 0 Å². The molecular formula is C16H16N4O4. The minimum atomic E-state index is -1.01. The Morgan fingerprint density at radius 1 is 1.21 bits per heavy atom. The molecule has 0 atom stereocenters. The Hall–Kier alpha value is -3.21. The first-order chi connectivity index (χ1) is 11.3. The van der Waals surface area contributed by atoms with E-state index >= 15 is 0 Å². The van der Waals surface area contributed by atoms with E-state index in [0.29, 0.717) is 16.2 Å². The van der Waals surface area contributed by atoms with E-state index in [1.54, 1.807) is 18.2 Å². The van der Waals surface area contributed by atoms with Gasteiger partial charge in [-0.3, -0.25) is 19.3 Å². The molecule has 8 nitrogen and oxygen atoms in total. The predicted octanol–water partition coefficient (Wildman–Crippen LogP) is 0.944. The number of urea groups is 1. The summed E-state index contributed by atoms with van der Waals surface area (Å²) in [5, 5.41) is 11.3.